The highest BCUT2D eigenvalue weighted by atomic mass is 16.5. The van der Waals surface area contributed by atoms with Gasteiger partial charge in [-0.25, -0.2) is 0 Å². The van der Waals surface area contributed by atoms with Crippen LogP contribution in [0.15, 0.2) is 34.9 Å². The number of carbonyl (C=O) groups is 1. The fraction of sp³-hybridized carbons (Fsp3) is 0.444. The van der Waals surface area contributed by atoms with Crippen molar-refractivity contribution in [3.05, 3.63) is 47.3 Å². The van der Waals surface area contributed by atoms with Gasteiger partial charge >= 0.3 is 0 Å². The molecule has 1 aliphatic heterocycles. The lowest BCUT2D eigenvalue weighted by molar-refractivity contribution is -0.131. The average molecular weight is 314 g/mol. The van der Waals surface area contributed by atoms with E-state index in [1.165, 1.54) is 0 Å². The Labute approximate surface area is 136 Å². The quantitative estimate of drug-likeness (QED) is 0.850. The zero-order valence-electron chi connectivity index (χ0n) is 13.6. The van der Waals surface area contributed by atoms with E-state index in [1.54, 1.807) is 7.11 Å². The Morgan fingerprint density at radius 3 is 2.83 bits per heavy atom. The van der Waals surface area contributed by atoms with E-state index in [2.05, 4.69) is 5.16 Å². The van der Waals surface area contributed by atoms with Crippen LogP contribution in [0, 0.1) is 0 Å². The maximum Gasteiger partial charge on any atom is 0.227 e. The molecule has 23 heavy (non-hydrogen) atoms. The predicted octanol–water partition coefficient (Wildman–Crippen LogP) is 3.15. The van der Waals surface area contributed by atoms with Crippen molar-refractivity contribution < 1.29 is 14.1 Å². The summed E-state index contributed by atoms with van der Waals surface area (Å²) in [5, 5.41) is 4.05. The van der Waals surface area contributed by atoms with Crippen molar-refractivity contribution in [3.8, 4) is 5.75 Å². The molecule has 0 saturated carbocycles. The van der Waals surface area contributed by atoms with Crippen LogP contribution in [0.5, 0.6) is 5.75 Å². The molecule has 0 aliphatic carbocycles. The van der Waals surface area contributed by atoms with Gasteiger partial charge in [0.15, 0.2) is 5.76 Å². The fourth-order valence-corrected chi connectivity index (χ4v) is 3.03. The second kappa shape index (κ2) is 6.86. The summed E-state index contributed by atoms with van der Waals surface area (Å²) in [6.45, 7) is 2.82. The molecule has 0 spiro atoms. The Morgan fingerprint density at radius 1 is 1.39 bits per heavy atom. The summed E-state index contributed by atoms with van der Waals surface area (Å²) in [6, 6.07) is 9.64. The minimum Gasteiger partial charge on any atom is -0.497 e. The van der Waals surface area contributed by atoms with Gasteiger partial charge in [-0.1, -0.05) is 24.2 Å². The zero-order chi connectivity index (χ0) is 16.2. The van der Waals surface area contributed by atoms with Gasteiger partial charge in [-0.15, -0.1) is 0 Å². The normalized spacial score (nSPS) is 17.5. The highest BCUT2D eigenvalue weighted by Crippen LogP contribution is 2.33. The van der Waals surface area contributed by atoms with Gasteiger partial charge in [0, 0.05) is 12.6 Å². The van der Waals surface area contributed by atoms with Crippen LogP contribution < -0.4 is 4.74 Å². The smallest absolute Gasteiger partial charge is 0.227 e. The van der Waals surface area contributed by atoms with E-state index in [0.29, 0.717) is 6.42 Å². The molecule has 5 nitrogen and oxygen atoms in total. The lowest BCUT2D eigenvalue weighted by Crippen LogP contribution is -2.31. The zero-order valence-corrected chi connectivity index (χ0v) is 13.6. The Kier molecular flexibility index (Phi) is 4.65. The van der Waals surface area contributed by atoms with Gasteiger partial charge in [-0.05, 0) is 37.0 Å². The van der Waals surface area contributed by atoms with Crippen molar-refractivity contribution in [3.63, 3.8) is 0 Å². The van der Waals surface area contributed by atoms with Crippen LogP contribution in [0.4, 0.5) is 0 Å². The predicted molar refractivity (Wildman–Crippen MR) is 86.3 cm³/mol. The number of rotatable bonds is 5. The number of aryl methyl sites for hydroxylation is 1. The number of ether oxygens (including phenoxy) is 1. The minimum absolute atomic E-state index is 0.0218. The number of amides is 1. The molecule has 1 aromatic carbocycles. The van der Waals surface area contributed by atoms with Crippen LogP contribution >= 0.6 is 0 Å². The monoisotopic (exact) mass is 314 g/mol. The molecule has 2 aromatic rings. The molecular formula is C18H22N2O3. The van der Waals surface area contributed by atoms with E-state index >= 15 is 0 Å². The molecular weight excluding hydrogens is 292 g/mol. The lowest BCUT2D eigenvalue weighted by Gasteiger charge is -2.22. The van der Waals surface area contributed by atoms with Crippen LogP contribution in [0.2, 0.25) is 0 Å². The molecule has 1 fully saturated rings. The molecule has 0 N–H and O–H groups in total. The van der Waals surface area contributed by atoms with Gasteiger partial charge in [0.25, 0.3) is 0 Å². The van der Waals surface area contributed by atoms with E-state index in [-0.39, 0.29) is 11.9 Å². The molecule has 1 aromatic heterocycles. The SMILES string of the molecule is CCc1cc(C2CCCN2C(=O)Cc2ccc(OC)cc2)on1. The van der Waals surface area contributed by atoms with Gasteiger partial charge in [0.2, 0.25) is 5.91 Å². The number of carbonyl (C=O) groups excluding carboxylic acids is 1. The standard InChI is InChI=1S/C18H22N2O3/c1-3-14-12-17(23-19-14)16-5-4-10-20(16)18(21)11-13-6-8-15(22-2)9-7-13/h6-9,12,16H,3-5,10-11H2,1-2H3. The summed E-state index contributed by atoms with van der Waals surface area (Å²) in [5.41, 5.74) is 1.93. The summed E-state index contributed by atoms with van der Waals surface area (Å²) in [5.74, 6) is 1.74. The van der Waals surface area contributed by atoms with Crippen molar-refractivity contribution in [2.45, 2.75) is 38.6 Å². The van der Waals surface area contributed by atoms with Crippen molar-refractivity contribution in [2.24, 2.45) is 0 Å². The average Bonchev–Trinajstić information content (AvgIpc) is 3.24. The van der Waals surface area contributed by atoms with E-state index in [0.717, 1.165) is 48.6 Å². The molecule has 1 unspecified atom stereocenters. The second-order valence-corrected chi connectivity index (χ2v) is 5.84. The third kappa shape index (κ3) is 3.38. The van der Waals surface area contributed by atoms with Crippen molar-refractivity contribution in [1.29, 1.82) is 0 Å². The summed E-state index contributed by atoms with van der Waals surface area (Å²) >= 11 is 0. The summed E-state index contributed by atoms with van der Waals surface area (Å²) < 4.78 is 10.6. The molecule has 1 amide bonds. The Balaban J connectivity index is 1.69. The number of likely N-dealkylation sites (tertiary alicyclic amines) is 1. The van der Waals surface area contributed by atoms with Crippen molar-refractivity contribution >= 4 is 5.91 Å². The van der Waals surface area contributed by atoms with Crippen LogP contribution in [-0.2, 0) is 17.6 Å². The molecule has 2 heterocycles. The third-order valence-electron chi connectivity index (χ3n) is 4.36. The fourth-order valence-electron chi connectivity index (χ4n) is 3.03. The number of hydrogen-bond donors (Lipinski definition) is 0. The maximum absolute atomic E-state index is 12.7. The first-order valence-corrected chi connectivity index (χ1v) is 8.09. The highest BCUT2D eigenvalue weighted by molar-refractivity contribution is 5.79. The second-order valence-electron chi connectivity index (χ2n) is 5.84. The molecule has 0 radical (unpaired) electrons. The maximum atomic E-state index is 12.7. The first-order valence-electron chi connectivity index (χ1n) is 8.09. The molecule has 3 rings (SSSR count). The van der Waals surface area contributed by atoms with Crippen LogP contribution in [0.3, 0.4) is 0 Å². The summed E-state index contributed by atoms with van der Waals surface area (Å²) in [7, 11) is 1.64. The Morgan fingerprint density at radius 2 is 2.17 bits per heavy atom. The molecule has 1 aliphatic rings. The molecule has 0 bridgehead atoms. The highest BCUT2D eigenvalue weighted by Gasteiger charge is 2.32. The van der Waals surface area contributed by atoms with E-state index in [9.17, 15) is 4.79 Å². The van der Waals surface area contributed by atoms with Crippen molar-refractivity contribution in [2.75, 3.05) is 13.7 Å². The van der Waals surface area contributed by atoms with Gasteiger partial charge in [-0.3, -0.25) is 4.79 Å². The third-order valence-corrected chi connectivity index (χ3v) is 4.36. The van der Waals surface area contributed by atoms with Gasteiger partial charge in [0.1, 0.15) is 5.75 Å². The number of hydrogen-bond acceptors (Lipinski definition) is 4. The summed E-state index contributed by atoms with van der Waals surface area (Å²) in [6.07, 6.45) is 3.18. The number of nitrogens with zero attached hydrogens (tertiary/aromatic N) is 2. The molecule has 122 valence electrons. The topological polar surface area (TPSA) is 55.6 Å². The number of methoxy groups -OCH3 is 1. The largest absolute Gasteiger partial charge is 0.497 e. The Hall–Kier alpha value is -2.30. The van der Waals surface area contributed by atoms with Gasteiger partial charge in [0.05, 0.1) is 25.3 Å². The Bertz CT molecular complexity index is 663. The molecule has 5 heteroatoms. The first kappa shape index (κ1) is 15.6. The van der Waals surface area contributed by atoms with E-state index < -0.39 is 0 Å². The van der Waals surface area contributed by atoms with E-state index in [1.807, 2.05) is 42.2 Å². The number of aromatic nitrogens is 1. The minimum atomic E-state index is 0.0218. The van der Waals surface area contributed by atoms with Crippen LogP contribution in [0.25, 0.3) is 0 Å². The van der Waals surface area contributed by atoms with E-state index in [4.69, 9.17) is 9.26 Å². The van der Waals surface area contributed by atoms with Gasteiger partial charge < -0.3 is 14.2 Å². The van der Waals surface area contributed by atoms with Crippen molar-refractivity contribution in [1.82, 2.24) is 10.1 Å². The number of benzene rings is 1. The lowest BCUT2D eigenvalue weighted by atomic mass is 10.1. The van der Waals surface area contributed by atoms with Crippen LogP contribution in [-0.4, -0.2) is 29.6 Å². The summed E-state index contributed by atoms with van der Waals surface area (Å²) in [4.78, 5) is 14.6. The van der Waals surface area contributed by atoms with Crippen LogP contribution in [0.1, 0.15) is 42.8 Å². The molecule has 1 atom stereocenters. The molecule has 1 saturated heterocycles. The van der Waals surface area contributed by atoms with Gasteiger partial charge in [-0.2, -0.15) is 0 Å². The first-order chi connectivity index (χ1) is 11.2.